The van der Waals surface area contributed by atoms with Crippen molar-refractivity contribution in [3.8, 4) is 0 Å². The number of nitrogens with zero attached hydrogens (tertiary/aromatic N) is 1. The van der Waals surface area contributed by atoms with E-state index in [-0.39, 0.29) is 10.0 Å². The van der Waals surface area contributed by atoms with Crippen LogP contribution >= 0.6 is 15.9 Å². The van der Waals surface area contributed by atoms with Gasteiger partial charge in [0, 0.05) is 10.7 Å². The zero-order valence-corrected chi connectivity index (χ0v) is 12.0. The van der Waals surface area contributed by atoms with Crippen molar-refractivity contribution in [1.82, 2.24) is 10.4 Å². The smallest absolute Gasteiger partial charge is 0.271 e. The maximum Gasteiger partial charge on any atom is 0.417 e. The number of halogens is 5. The van der Waals surface area contributed by atoms with E-state index in [0.717, 1.165) is 18.3 Å². The number of hydrogen-bond donors (Lipinski definition) is 2. The minimum Gasteiger partial charge on any atom is -0.271 e. The first-order valence-electron chi connectivity index (χ1n) is 5.76. The van der Waals surface area contributed by atoms with E-state index in [1.165, 1.54) is 18.3 Å². The van der Waals surface area contributed by atoms with Gasteiger partial charge in [0.25, 0.3) is 0 Å². The third-order valence-corrected chi connectivity index (χ3v) is 3.55. The van der Waals surface area contributed by atoms with Crippen molar-refractivity contribution in [3.05, 3.63) is 63.6 Å². The summed E-state index contributed by atoms with van der Waals surface area (Å²) in [5, 5.41) is 0. The summed E-state index contributed by atoms with van der Waals surface area (Å²) in [7, 11) is 0. The lowest BCUT2D eigenvalue weighted by molar-refractivity contribution is -0.138. The van der Waals surface area contributed by atoms with Crippen molar-refractivity contribution in [2.75, 3.05) is 0 Å². The number of alkyl halides is 3. The summed E-state index contributed by atoms with van der Waals surface area (Å²) in [6.07, 6.45) is -2.17. The molecule has 1 heterocycles. The number of aromatic nitrogens is 1. The zero-order chi connectivity index (χ0) is 15.6. The maximum atomic E-state index is 13.2. The number of hydrazine groups is 1. The van der Waals surface area contributed by atoms with E-state index in [2.05, 4.69) is 26.3 Å². The second-order valence-electron chi connectivity index (χ2n) is 4.27. The van der Waals surface area contributed by atoms with Crippen LogP contribution < -0.4 is 11.3 Å². The largest absolute Gasteiger partial charge is 0.417 e. The molecule has 1 unspecified atom stereocenters. The molecule has 1 aromatic heterocycles. The van der Waals surface area contributed by atoms with Crippen LogP contribution in [0.25, 0.3) is 0 Å². The predicted molar refractivity (Wildman–Crippen MR) is 72.5 cm³/mol. The Bertz CT molecular complexity index is 646. The van der Waals surface area contributed by atoms with E-state index in [1.54, 1.807) is 0 Å². The van der Waals surface area contributed by atoms with Crippen molar-refractivity contribution in [1.29, 1.82) is 0 Å². The average Bonchev–Trinajstić information content (AvgIpc) is 2.40. The Morgan fingerprint density at radius 1 is 1.14 bits per heavy atom. The lowest BCUT2D eigenvalue weighted by Gasteiger charge is -2.19. The van der Waals surface area contributed by atoms with E-state index < -0.39 is 23.6 Å². The lowest BCUT2D eigenvalue weighted by Crippen LogP contribution is -2.29. The molecule has 0 amide bonds. The van der Waals surface area contributed by atoms with E-state index in [1.807, 2.05) is 0 Å². The Labute approximate surface area is 126 Å². The van der Waals surface area contributed by atoms with Crippen LogP contribution in [0.4, 0.5) is 17.6 Å². The van der Waals surface area contributed by atoms with Gasteiger partial charge in [0.2, 0.25) is 0 Å². The molecule has 3 nitrogen and oxygen atoms in total. The first-order valence-corrected chi connectivity index (χ1v) is 6.55. The second kappa shape index (κ2) is 6.08. The molecule has 0 saturated heterocycles. The van der Waals surface area contributed by atoms with Crippen LogP contribution in [0.2, 0.25) is 0 Å². The van der Waals surface area contributed by atoms with Gasteiger partial charge in [0.15, 0.2) is 0 Å². The number of hydrogen-bond acceptors (Lipinski definition) is 3. The van der Waals surface area contributed by atoms with Gasteiger partial charge >= 0.3 is 6.18 Å². The predicted octanol–water partition coefficient (Wildman–Crippen LogP) is 3.55. The highest BCUT2D eigenvalue weighted by Crippen LogP contribution is 2.37. The minimum atomic E-state index is -4.51. The number of pyridine rings is 1. The molecular formula is C13H10BrF4N3. The number of benzene rings is 1. The van der Waals surface area contributed by atoms with E-state index in [0.29, 0.717) is 5.56 Å². The Kier molecular flexibility index (Phi) is 4.60. The monoisotopic (exact) mass is 363 g/mol. The van der Waals surface area contributed by atoms with Crippen molar-refractivity contribution in [2.24, 2.45) is 5.84 Å². The van der Waals surface area contributed by atoms with Gasteiger partial charge in [0.1, 0.15) is 5.82 Å². The van der Waals surface area contributed by atoms with Gasteiger partial charge in [-0.15, -0.1) is 0 Å². The molecule has 2 aromatic rings. The highest BCUT2D eigenvalue weighted by molar-refractivity contribution is 9.10. The number of nitrogens with two attached hydrogens (primary N) is 1. The molecule has 0 fully saturated rings. The molecular weight excluding hydrogens is 354 g/mol. The van der Waals surface area contributed by atoms with Crippen molar-refractivity contribution in [3.63, 3.8) is 0 Å². The van der Waals surface area contributed by atoms with Crippen LogP contribution in [-0.4, -0.2) is 4.98 Å². The van der Waals surface area contributed by atoms with Crippen molar-refractivity contribution >= 4 is 15.9 Å². The van der Waals surface area contributed by atoms with Gasteiger partial charge < -0.3 is 0 Å². The fraction of sp³-hybridized carbons (Fsp3) is 0.154. The van der Waals surface area contributed by atoms with Gasteiger partial charge in [-0.25, -0.2) is 9.82 Å². The SMILES string of the molecule is NNC(c1cncc(F)c1)c1ccc(Br)c(C(F)(F)F)c1. The highest BCUT2D eigenvalue weighted by atomic mass is 79.9. The Balaban J connectivity index is 2.49. The Morgan fingerprint density at radius 3 is 2.43 bits per heavy atom. The first-order chi connectivity index (χ1) is 9.82. The normalized spacial score (nSPS) is 13.2. The summed E-state index contributed by atoms with van der Waals surface area (Å²) < 4.78 is 51.8. The van der Waals surface area contributed by atoms with Gasteiger partial charge in [-0.3, -0.25) is 10.8 Å². The average molecular weight is 364 g/mol. The standard InChI is InChI=1S/C13H10BrF4N3/c14-11-2-1-7(4-10(11)13(16,17)18)12(21-19)8-3-9(15)6-20-5-8/h1-6,12,21H,19H2. The maximum absolute atomic E-state index is 13.2. The Morgan fingerprint density at radius 2 is 1.86 bits per heavy atom. The third-order valence-electron chi connectivity index (χ3n) is 2.86. The molecule has 21 heavy (non-hydrogen) atoms. The molecule has 1 aromatic carbocycles. The second-order valence-corrected chi connectivity index (χ2v) is 5.13. The van der Waals surface area contributed by atoms with Gasteiger partial charge in [-0.1, -0.05) is 22.0 Å². The molecule has 0 aliphatic rings. The van der Waals surface area contributed by atoms with Gasteiger partial charge in [-0.2, -0.15) is 13.2 Å². The molecule has 0 bridgehead atoms. The number of nitrogens with one attached hydrogen (secondary N) is 1. The minimum absolute atomic E-state index is 0.0770. The molecule has 2 rings (SSSR count). The van der Waals surface area contributed by atoms with E-state index in [9.17, 15) is 17.6 Å². The van der Waals surface area contributed by atoms with Crippen LogP contribution in [0.1, 0.15) is 22.7 Å². The summed E-state index contributed by atoms with van der Waals surface area (Å²) in [6, 6.07) is 4.05. The molecule has 112 valence electrons. The van der Waals surface area contributed by atoms with Crippen molar-refractivity contribution in [2.45, 2.75) is 12.2 Å². The van der Waals surface area contributed by atoms with Gasteiger partial charge in [0.05, 0.1) is 17.8 Å². The first kappa shape index (κ1) is 15.9. The third kappa shape index (κ3) is 3.58. The van der Waals surface area contributed by atoms with Crippen LogP contribution in [0.3, 0.4) is 0 Å². The highest BCUT2D eigenvalue weighted by Gasteiger charge is 2.33. The molecule has 1 atom stereocenters. The lowest BCUT2D eigenvalue weighted by atomic mass is 9.98. The molecule has 0 spiro atoms. The molecule has 0 aliphatic heterocycles. The summed E-state index contributed by atoms with van der Waals surface area (Å²) in [5.74, 6) is 4.79. The molecule has 0 aliphatic carbocycles. The molecule has 0 saturated carbocycles. The zero-order valence-electron chi connectivity index (χ0n) is 10.5. The van der Waals surface area contributed by atoms with E-state index in [4.69, 9.17) is 5.84 Å². The number of rotatable bonds is 3. The Hall–Kier alpha value is -1.51. The fourth-order valence-corrected chi connectivity index (χ4v) is 2.38. The van der Waals surface area contributed by atoms with Gasteiger partial charge in [-0.05, 0) is 29.3 Å². The summed E-state index contributed by atoms with van der Waals surface area (Å²) >= 11 is 2.86. The van der Waals surface area contributed by atoms with Crippen LogP contribution in [0.15, 0.2) is 41.1 Å². The molecule has 0 radical (unpaired) electrons. The summed E-state index contributed by atoms with van der Waals surface area (Å²) in [4.78, 5) is 3.67. The summed E-state index contributed by atoms with van der Waals surface area (Å²) in [6.45, 7) is 0. The van der Waals surface area contributed by atoms with Crippen LogP contribution in [0, 0.1) is 5.82 Å². The van der Waals surface area contributed by atoms with Crippen LogP contribution in [-0.2, 0) is 6.18 Å². The molecule has 3 N–H and O–H groups in total. The van der Waals surface area contributed by atoms with Crippen molar-refractivity contribution < 1.29 is 17.6 Å². The molecule has 8 heteroatoms. The van der Waals surface area contributed by atoms with Crippen LogP contribution in [0.5, 0.6) is 0 Å². The van der Waals surface area contributed by atoms with E-state index >= 15 is 0 Å². The quantitative estimate of drug-likeness (QED) is 0.498. The topological polar surface area (TPSA) is 50.9 Å². The fourth-order valence-electron chi connectivity index (χ4n) is 1.91. The summed E-state index contributed by atoms with van der Waals surface area (Å²) in [5.41, 5.74) is 2.12.